The Morgan fingerprint density at radius 3 is 2.57 bits per heavy atom. The second-order valence-electron chi connectivity index (χ2n) is 4.25. The van der Waals surface area contributed by atoms with Crippen LogP contribution in [-0.2, 0) is 6.54 Å². The Hall–Kier alpha value is -2.76. The van der Waals surface area contributed by atoms with Crippen LogP contribution in [0.4, 0.5) is 0 Å². The third-order valence-electron chi connectivity index (χ3n) is 2.89. The molecule has 0 saturated carbocycles. The minimum atomic E-state index is -1.07. The fraction of sp³-hybridized carbons (Fsp3) is 0.200. The molecule has 2 aromatic rings. The van der Waals surface area contributed by atoms with Crippen molar-refractivity contribution in [2.24, 2.45) is 0 Å². The molecule has 0 radical (unpaired) electrons. The molecule has 0 atom stereocenters. The summed E-state index contributed by atoms with van der Waals surface area (Å²) in [4.78, 5) is 22.5. The molecule has 1 aromatic carbocycles. The number of carboxylic acid groups (broad SMARTS) is 1. The van der Waals surface area contributed by atoms with Crippen molar-refractivity contribution in [3.63, 3.8) is 0 Å². The van der Waals surface area contributed by atoms with E-state index in [0.29, 0.717) is 11.5 Å². The number of ether oxygens (including phenoxy) is 2. The quantitative estimate of drug-likeness (QED) is 0.874. The molecule has 110 valence electrons. The van der Waals surface area contributed by atoms with Gasteiger partial charge in [0.05, 0.1) is 19.2 Å². The van der Waals surface area contributed by atoms with E-state index in [1.54, 1.807) is 19.2 Å². The number of hydrogen-bond donors (Lipinski definition) is 1. The molecule has 1 aromatic heterocycles. The number of benzene rings is 1. The van der Waals surface area contributed by atoms with Crippen LogP contribution in [-0.4, -0.2) is 29.4 Å². The van der Waals surface area contributed by atoms with E-state index in [1.165, 1.54) is 22.9 Å². The maximum Gasteiger partial charge on any atom is 0.337 e. The SMILES string of the molecule is COc1ccccc1OCCn1cc(C(=O)O)ccc1=O. The smallest absolute Gasteiger partial charge is 0.337 e. The van der Waals surface area contributed by atoms with Crippen molar-refractivity contribution in [2.75, 3.05) is 13.7 Å². The average Bonchev–Trinajstić information content (AvgIpc) is 2.49. The summed E-state index contributed by atoms with van der Waals surface area (Å²) in [7, 11) is 1.54. The first-order chi connectivity index (χ1) is 10.1. The number of methoxy groups -OCH3 is 1. The van der Waals surface area contributed by atoms with Crippen LogP contribution < -0.4 is 15.0 Å². The standard InChI is InChI=1S/C15H15NO5/c1-20-12-4-2-3-5-13(12)21-9-8-16-10-11(15(18)19)6-7-14(16)17/h2-7,10H,8-9H2,1H3,(H,18,19). The Morgan fingerprint density at radius 2 is 1.90 bits per heavy atom. The Morgan fingerprint density at radius 1 is 1.19 bits per heavy atom. The lowest BCUT2D eigenvalue weighted by Gasteiger charge is -2.11. The van der Waals surface area contributed by atoms with E-state index in [-0.39, 0.29) is 24.3 Å². The molecule has 0 aliphatic heterocycles. The van der Waals surface area contributed by atoms with Gasteiger partial charge >= 0.3 is 5.97 Å². The van der Waals surface area contributed by atoms with Crippen molar-refractivity contribution in [1.82, 2.24) is 4.57 Å². The van der Waals surface area contributed by atoms with Crippen LogP contribution in [0.25, 0.3) is 0 Å². The molecule has 0 spiro atoms. The first-order valence-corrected chi connectivity index (χ1v) is 6.31. The number of rotatable bonds is 6. The van der Waals surface area contributed by atoms with Crippen LogP contribution in [0.15, 0.2) is 47.4 Å². The van der Waals surface area contributed by atoms with Gasteiger partial charge in [-0.15, -0.1) is 0 Å². The van der Waals surface area contributed by atoms with Crippen LogP contribution >= 0.6 is 0 Å². The highest BCUT2D eigenvalue weighted by Gasteiger charge is 2.06. The molecular formula is C15H15NO5. The Labute approximate surface area is 121 Å². The second kappa shape index (κ2) is 6.60. The van der Waals surface area contributed by atoms with Crippen molar-refractivity contribution in [3.05, 3.63) is 58.5 Å². The number of aromatic nitrogens is 1. The summed E-state index contributed by atoms with van der Waals surface area (Å²) in [5, 5.41) is 8.91. The lowest BCUT2D eigenvalue weighted by atomic mass is 10.3. The van der Waals surface area contributed by atoms with E-state index in [9.17, 15) is 9.59 Å². The van der Waals surface area contributed by atoms with E-state index < -0.39 is 5.97 Å². The molecule has 2 rings (SSSR count). The van der Waals surface area contributed by atoms with Crippen LogP contribution in [0.2, 0.25) is 0 Å². The minimum absolute atomic E-state index is 0.0619. The van der Waals surface area contributed by atoms with E-state index in [4.69, 9.17) is 14.6 Å². The van der Waals surface area contributed by atoms with Gasteiger partial charge in [0, 0.05) is 12.3 Å². The Bertz CT molecular complexity index is 692. The van der Waals surface area contributed by atoms with Crippen molar-refractivity contribution < 1.29 is 19.4 Å². The van der Waals surface area contributed by atoms with Gasteiger partial charge in [-0.1, -0.05) is 12.1 Å². The van der Waals surface area contributed by atoms with E-state index in [1.807, 2.05) is 12.1 Å². The summed E-state index contributed by atoms with van der Waals surface area (Å²) in [6, 6.07) is 9.68. The van der Waals surface area contributed by atoms with Gasteiger partial charge in [0.2, 0.25) is 0 Å². The molecular weight excluding hydrogens is 274 g/mol. The lowest BCUT2D eigenvalue weighted by molar-refractivity contribution is 0.0695. The van der Waals surface area contributed by atoms with Crippen molar-refractivity contribution >= 4 is 5.97 Å². The summed E-state index contributed by atoms with van der Waals surface area (Å²) >= 11 is 0. The first-order valence-electron chi connectivity index (χ1n) is 6.31. The van der Waals surface area contributed by atoms with Crippen molar-refractivity contribution in [2.45, 2.75) is 6.54 Å². The van der Waals surface area contributed by atoms with E-state index in [2.05, 4.69) is 0 Å². The largest absolute Gasteiger partial charge is 0.493 e. The number of carbonyl (C=O) groups is 1. The molecule has 0 fully saturated rings. The molecule has 21 heavy (non-hydrogen) atoms. The number of pyridine rings is 1. The van der Waals surface area contributed by atoms with Crippen molar-refractivity contribution in [1.29, 1.82) is 0 Å². The van der Waals surface area contributed by atoms with Crippen LogP contribution in [0.3, 0.4) is 0 Å². The summed E-state index contributed by atoms with van der Waals surface area (Å²) in [5.74, 6) is 0.0981. The maximum atomic E-state index is 11.6. The molecule has 0 amide bonds. The summed E-state index contributed by atoms with van der Waals surface area (Å²) in [6.07, 6.45) is 1.30. The Kier molecular flexibility index (Phi) is 4.61. The minimum Gasteiger partial charge on any atom is -0.493 e. The third-order valence-corrected chi connectivity index (χ3v) is 2.89. The highest BCUT2D eigenvalue weighted by Crippen LogP contribution is 2.25. The van der Waals surface area contributed by atoms with Gasteiger partial charge < -0.3 is 19.1 Å². The molecule has 1 heterocycles. The number of aromatic carboxylic acids is 1. The predicted molar refractivity (Wildman–Crippen MR) is 76.2 cm³/mol. The third kappa shape index (κ3) is 3.62. The van der Waals surface area contributed by atoms with Crippen LogP contribution in [0, 0.1) is 0 Å². The maximum absolute atomic E-state index is 11.6. The highest BCUT2D eigenvalue weighted by atomic mass is 16.5. The summed E-state index contributed by atoms with van der Waals surface area (Å²) in [5.41, 5.74) is -0.212. The molecule has 1 N–H and O–H groups in total. The fourth-order valence-electron chi connectivity index (χ4n) is 1.82. The predicted octanol–water partition coefficient (Wildman–Crippen LogP) is 1.63. The highest BCUT2D eigenvalue weighted by molar-refractivity contribution is 5.87. The van der Waals surface area contributed by atoms with Gasteiger partial charge in [0.25, 0.3) is 5.56 Å². The average molecular weight is 289 g/mol. The molecule has 0 aliphatic carbocycles. The number of nitrogens with zero attached hydrogens (tertiary/aromatic N) is 1. The van der Waals surface area contributed by atoms with Gasteiger partial charge in [-0.25, -0.2) is 4.79 Å². The van der Waals surface area contributed by atoms with E-state index in [0.717, 1.165) is 0 Å². The van der Waals surface area contributed by atoms with Gasteiger partial charge in [0.1, 0.15) is 6.61 Å². The molecule has 0 saturated heterocycles. The molecule has 0 bridgehead atoms. The van der Waals surface area contributed by atoms with Crippen LogP contribution in [0.5, 0.6) is 11.5 Å². The van der Waals surface area contributed by atoms with Gasteiger partial charge in [-0.3, -0.25) is 4.79 Å². The fourth-order valence-corrected chi connectivity index (χ4v) is 1.82. The van der Waals surface area contributed by atoms with Gasteiger partial charge in [-0.05, 0) is 18.2 Å². The molecule has 0 unspecified atom stereocenters. The van der Waals surface area contributed by atoms with E-state index >= 15 is 0 Å². The van der Waals surface area contributed by atoms with Crippen molar-refractivity contribution in [3.8, 4) is 11.5 Å². The zero-order chi connectivity index (χ0) is 15.2. The molecule has 6 heteroatoms. The molecule has 6 nitrogen and oxygen atoms in total. The summed E-state index contributed by atoms with van der Waals surface area (Å²) in [6.45, 7) is 0.474. The number of para-hydroxylation sites is 2. The van der Waals surface area contributed by atoms with Crippen LogP contribution in [0.1, 0.15) is 10.4 Å². The lowest BCUT2D eigenvalue weighted by Crippen LogP contribution is -2.23. The monoisotopic (exact) mass is 289 g/mol. The number of carboxylic acids is 1. The zero-order valence-corrected chi connectivity index (χ0v) is 11.5. The van der Waals surface area contributed by atoms with Gasteiger partial charge in [0.15, 0.2) is 11.5 Å². The topological polar surface area (TPSA) is 77.8 Å². The Balaban J connectivity index is 2.05. The first kappa shape index (κ1) is 14.6. The summed E-state index contributed by atoms with van der Waals surface area (Å²) < 4.78 is 12.0. The normalized spacial score (nSPS) is 10.1. The van der Waals surface area contributed by atoms with Gasteiger partial charge in [-0.2, -0.15) is 0 Å². The number of hydrogen-bond acceptors (Lipinski definition) is 4. The zero-order valence-electron chi connectivity index (χ0n) is 11.5. The second-order valence-corrected chi connectivity index (χ2v) is 4.25. The molecule has 0 aliphatic rings.